The molecule has 1 fully saturated rings. The Morgan fingerprint density at radius 3 is 2.81 bits per heavy atom. The van der Waals surface area contributed by atoms with Crippen LogP contribution in [-0.4, -0.2) is 18.7 Å². The van der Waals surface area contributed by atoms with Crippen LogP contribution in [0, 0.1) is 0 Å². The number of halogens is 1. The topological polar surface area (TPSA) is 47.3 Å². The molecule has 4 heteroatoms. The van der Waals surface area contributed by atoms with E-state index in [1.165, 1.54) is 0 Å². The van der Waals surface area contributed by atoms with Gasteiger partial charge in [0.1, 0.15) is 5.75 Å². The lowest BCUT2D eigenvalue weighted by Crippen LogP contribution is -2.31. The van der Waals surface area contributed by atoms with E-state index >= 15 is 0 Å². The molecule has 0 radical (unpaired) electrons. The molecule has 0 spiro atoms. The fourth-order valence-corrected chi connectivity index (χ4v) is 1.73. The SMILES string of the molecule is CCOc1ccc(NCC2(N)CC2)cc1Cl. The van der Waals surface area contributed by atoms with Gasteiger partial charge in [-0.25, -0.2) is 0 Å². The van der Waals surface area contributed by atoms with Crippen molar-refractivity contribution in [3.63, 3.8) is 0 Å². The number of ether oxygens (including phenoxy) is 1. The first-order valence-electron chi connectivity index (χ1n) is 5.58. The van der Waals surface area contributed by atoms with E-state index in [0.29, 0.717) is 11.6 Å². The van der Waals surface area contributed by atoms with Crippen LogP contribution in [0.5, 0.6) is 5.75 Å². The Kier molecular flexibility index (Phi) is 3.26. The zero-order valence-corrected chi connectivity index (χ0v) is 10.2. The van der Waals surface area contributed by atoms with Gasteiger partial charge in [-0.2, -0.15) is 0 Å². The second-order valence-electron chi connectivity index (χ2n) is 4.29. The number of hydrogen-bond acceptors (Lipinski definition) is 3. The molecule has 0 aromatic heterocycles. The van der Waals surface area contributed by atoms with Crippen molar-refractivity contribution in [2.45, 2.75) is 25.3 Å². The lowest BCUT2D eigenvalue weighted by molar-refractivity contribution is 0.340. The molecule has 0 atom stereocenters. The number of nitrogens with two attached hydrogens (primary N) is 1. The molecule has 1 aromatic carbocycles. The van der Waals surface area contributed by atoms with E-state index in [0.717, 1.165) is 30.8 Å². The minimum Gasteiger partial charge on any atom is -0.492 e. The maximum atomic E-state index is 6.08. The van der Waals surface area contributed by atoms with Crippen molar-refractivity contribution in [2.75, 3.05) is 18.5 Å². The van der Waals surface area contributed by atoms with Gasteiger partial charge in [0.05, 0.1) is 11.6 Å². The molecule has 3 N–H and O–H groups in total. The summed E-state index contributed by atoms with van der Waals surface area (Å²) < 4.78 is 5.36. The van der Waals surface area contributed by atoms with E-state index < -0.39 is 0 Å². The zero-order chi connectivity index (χ0) is 11.6. The molecule has 16 heavy (non-hydrogen) atoms. The van der Waals surface area contributed by atoms with Crippen LogP contribution in [0.1, 0.15) is 19.8 Å². The van der Waals surface area contributed by atoms with Gasteiger partial charge in [0.2, 0.25) is 0 Å². The summed E-state index contributed by atoms with van der Waals surface area (Å²) in [6.07, 6.45) is 2.20. The minimum absolute atomic E-state index is 0.00503. The van der Waals surface area contributed by atoms with Crippen LogP contribution in [0.15, 0.2) is 18.2 Å². The molecule has 1 aromatic rings. The highest BCUT2D eigenvalue weighted by Gasteiger charge is 2.37. The maximum absolute atomic E-state index is 6.08. The monoisotopic (exact) mass is 240 g/mol. The molecule has 88 valence electrons. The Labute approximate surface area is 101 Å². The lowest BCUT2D eigenvalue weighted by atomic mass is 10.2. The first-order chi connectivity index (χ1) is 7.63. The first kappa shape index (κ1) is 11.6. The molecular formula is C12H17ClN2O. The molecule has 0 heterocycles. The van der Waals surface area contributed by atoms with E-state index in [1.54, 1.807) is 0 Å². The van der Waals surface area contributed by atoms with E-state index in [9.17, 15) is 0 Å². The Bertz CT molecular complexity index is 377. The zero-order valence-electron chi connectivity index (χ0n) is 9.42. The average Bonchev–Trinajstić information content (AvgIpc) is 2.98. The summed E-state index contributed by atoms with van der Waals surface area (Å²) in [5.74, 6) is 0.726. The van der Waals surface area contributed by atoms with Crippen LogP contribution in [0.4, 0.5) is 5.69 Å². The smallest absolute Gasteiger partial charge is 0.138 e. The van der Waals surface area contributed by atoms with E-state index in [-0.39, 0.29) is 5.54 Å². The van der Waals surface area contributed by atoms with Crippen LogP contribution in [-0.2, 0) is 0 Å². The summed E-state index contributed by atoms with van der Waals surface area (Å²) in [6, 6.07) is 5.71. The fourth-order valence-electron chi connectivity index (χ4n) is 1.50. The summed E-state index contributed by atoms with van der Waals surface area (Å²) in [6.45, 7) is 3.36. The normalized spacial score (nSPS) is 16.9. The van der Waals surface area contributed by atoms with Crippen molar-refractivity contribution >= 4 is 17.3 Å². The number of hydrogen-bond donors (Lipinski definition) is 2. The van der Waals surface area contributed by atoms with Gasteiger partial charge in [-0.05, 0) is 38.0 Å². The van der Waals surface area contributed by atoms with Gasteiger partial charge >= 0.3 is 0 Å². The molecule has 1 aliphatic carbocycles. The fraction of sp³-hybridized carbons (Fsp3) is 0.500. The summed E-state index contributed by atoms with van der Waals surface area (Å²) in [7, 11) is 0. The van der Waals surface area contributed by atoms with Crippen LogP contribution in [0.3, 0.4) is 0 Å². The lowest BCUT2D eigenvalue weighted by Gasteiger charge is -2.13. The predicted octanol–water partition coefficient (Wildman–Crippen LogP) is 2.64. The Morgan fingerprint density at radius 2 is 2.25 bits per heavy atom. The molecule has 0 unspecified atom stereocenters. The summed E-state index contributed by atoms with van der Waals surface area (Å²) in [4.78, 5) is 0. The molecule has 2 rings (SSSR count). The number of anilines is 1. The number of benzene rings is 1. The first-order valence-corrected chi connectivity index (χ1v) is 5.96. The van der Waals surface area contributed by atoms with Crippen molar-refractivity contribution in [3.8, 4) is 5.75 Å². The van der Waals surface area contributed by atoms with E-state index in [1.807, 2.05) is 25.1 Å². The molecular weight excluding hydrogens is 224 g/mol. The molecule has 1 saturated carbocycles. The van der Waals surface area contributed by atoms with Gasteiger partial charge < -0.3 is 15.8 Å². The Hall–Kier alpha value is -0.930. The number of rotatable bonds is 5. The van der Waals surface area contributed by atoms with Crippen molar-refractivity contribution < 1.29 is 4.74 Å². The van der Waals surface area contributed by atoms with Crippen molar-refractivity contribution in [1.82, 2.24) is 0 Å². The largest absolute Gasteiger partial charge is 0.492 e. The highest BCUT2D eigenvalue weighted by atomic mass is 35.5. The third-order valence-corrected chi connectivity index (χ3v) is 3.06. The van der Waals surface area contributed by atoms with Gasteiger partial charge in [-0.1, -0.05) is 11.6 Å². The molecule has 0 bridgehead atoms. The second-order valence-corrected chi connectivity index (χ2v) is 4.70. The third kappa shape index (κ3) is 2.80. The quantitative estimate of drug-likeness (QED) is 0.832. The van der Waals surface area contributed by atoms with Crippen LogP contribution in [0.25, 0.3) is 0 Å². The summed E-state index contributed by atoms with van der Waals surface area (Å²) >= 11 is 6.08. The molecule has 3 nitrogen and oxygen atoms in total. The molecule has 0 amide bonds. The predicted molar refractivity (Wildman–Crippen MR) is 67.3 cm³/mol. The van der Waals surface area contributed by atoms with Crippen molar-refractivity contribution in [1.29, 1.82) is 0 Å². The van der Waals surface area contributed by atoms with Crippen molar-refractivity contribution in [3.05, 3.63) is 23.2 Å². The van der Waals surface area contributed by atoms with Gasteiger partial charge in [-0.3, -0.25) is 0 Å². The van der Waals surface area contributed by atoms with Crippen molar-refractivity contribution in [2.24, 2.45) is 5.73 Å². The van der Waals surface area contributed by atoms with Crippen LogP contribution in [0.2, 0.25) is 5.02 Å². The van der Waals surface area contributed by atoms with Crippen LogP contribution < -0.4 is 15.8 Å². The minimum atomic E-state index is 0.00503. The van der Waals surface area contributed by atoms with E-state index in [2.05, 4.69) is 5.32 Å². The average molecular weight is 241 g/mol. The van der Waals surface area contributed by atoms with E-state index in [4.69, 9.17) is 22.1 Å². The summed E-state index contributed by atoms with van der Waals surface area (Å²) in [5.41, 5.74) is 6.99. The molecule has 1 aliphatic rings. The molecule has 0 saturated heterocycles. The van der Waals surface area contributed by atoms with Crippen LogP contribution >= 0.6 is 11.6 Å². The van der Waals surface area contributed by atoms with Gasteiger partial charge in [-0.15, -0.1) is 0 Å². The Balaban J connectivity index is 1.97. The maximum Gasteiger partial charge on any atom is 0.138 e. The highest BCUT2D eigenvalue weighted by molar-refractivity contribution is 6.32. The van der Waals surface area contributed by atoms with Gasteiger partial charge in [0, 0.05) is 17.8 Å². The number of nitrogens with one attached hydrogen (secondary N) is 1. The summed E-state index contributed by atoms with van der Waals surface area (Å²) in [5, 5.41) is 3.93. The third-order valence-electron chi connectivity index (χ3n) is 2.77. The molecule has 0 aliphatic heterocycles. The Morgan fingerprint density at radius 1 is 1.50 bits per heavy atom. The van der Waals surface area contributed by atoms with Gasteiger partial charge in [0.15, 0.2) is 0 Å². The van der Waals surface area contributed by atoms with Gasteiger partial charge in [0.25, 0.3) is 0 Å². The standard InChI is InChI=1S/C12H17ClN2O/c1-2-16-11-4-3-9(7-10(11)13)15-8-12(14)5-6-12/h3-4,7,15H,2,5-6,8,14H2,1H3. The highest BCUT2D eigenvalue weighted by Crippen LogP contribution is 2.33. The second kappa shape index (κ2) is 4.52.